The molecule has 3 rings (SSSR count). The summed E-state index contributed by atoms with van der Waals surface area (Å²) in [7, 11) is 0. The van der Waals surface area contributed by atoms with Crippen molar-refractivity contribution in [3.8, 4) is 0 Å². The van der Waals surface area contributed by atoms with E-state index in [1.54, 1.807) is 0 Å². The van der Waals surface area contributed by atoms with E-state index in [2.05, 4.69) is 32.7 Å². The van der Waals surface area contributed by atoms with E-state index in [4.69, 9.17) is 4.74 Å². The molecule has 0 aliphatic carbocycles. The Kier molecular flexibility index (Phi) is 5.86. The molecule has 2 aliphatic rings. The van der Waals surface area contributed by atoms with Crippen molar-refractivity contribution in [2.75, 3.05) is 6.54 Å². The number of hydrogen-bond acceptors (Lipinski definition) is 3. The van der Waals surface area contributed by atoms with E-state index in [9.17, 15) is 0 Å². The lowest BCUT2D eigenvalue weighted by Gasteiger charge is -2.22. The summed E-state index contributed by atoms with van der Waals surface area (Å²) >= 11 is 0. The van der Waals surface area contributed by atoms with E-state index in [-0.39, 0.29) is 24.0 Å². The van der Waals surface area contributed by atoms with Crippen LogP contribution in [-0.2, 0) is 11.3 Å². The number of ether oxygens (including phenoxy) is 1. The fourth-order valence-electron chi connectivity index (χ4n) is 2.98. The van der Waals surface area contributed by atoms with Crippen molar-refractivity contribution in [2.24, 2.45) is 4.99 Å². The van der Waals surface area contributed by atoms with Gasteiger partial charge in [0.2, 0.25) is 0 Å². The molecule has 7 heteroatoms. The van der Waals surface area contributed by atoms with E-state index >= 15 is 0 Å². The summed E-state index contributed by atoms with van der Waals surface area (Å²) in [5.41, 5.74) is 2.21. The highest BCUT2D eigenvalue weighted by Gasteiger charge is 2.41. The van der Waals surface area contributed by atoms with Crippen molar-refractivity contribution < 1.29 is 4.74 Å². The van der Waals surface area contributed by atoms with Crippen molar-refractivity contribution in [3.05, 3.63) is 17.5 Å². The molecule has 2 fully saturated rings. The number of aliphatic imine (C=N–C) groups is 1. The number of nitrogens with zero attached hydrogens (tertiary/aromatic N) is 2. The Balaban J connectivity index is 0.00000161. The molecule has 0 saturated carbocycles. The Morgan fingerprint density at radius 2 is 2.38 bits per heavy atom. The van der Waals surface area contributed by atoms with Crippen LogP contribution in [0.25, 0.3) is 0 Å². The van der Waals surface area contributed by atoms with Gasteiger partial charge in [-0.2, -0.15) is 5.10 Å². The van der Waals surface area contributed by atoms with Gasteiger partial charge in [-0.05, 0) is 33.1 Å². The first-order chi connectivity index (χ1) is 9.76. The number of aromatic nitrogens is 2. The third-order valence-corrected chi connectivity index (χ3v) is 4.11. The number of H-pyrrole nitrogens is 1. The Bertz CT molecular complexity index is 489. The van der Waals surface area contributed by atoms with Crippen LogP contribution in [0.4, 0.5) is 0 Å². The van der Waals surface area contributed by atoms with E-state index in [0.717, 1.165) is 30.2 Å². The first-order valence-electron chi connectivity index (χ1n) is 7.45. The van der Waals surface area contributed by atoms with Crippen LogP contribution in [0.5, 0.6) is 0 Å². The SMILES string of the molecule is CCNC(=NCc1cn[nH]c1C)NC1CC2CCC1O2.I. The van der Waals surface area contributed by atoms with Gasteiger partial charge in [0.25, 0.3) is 0 Å². The Labute approximate surface area is 142 Å². The minimum Gasteiger partial charge on any atom is -0.373 e. The van der Waals surface area contributed by atoms with Crippen molar-refractivity contribution in [2.45, 2.75) is 57.9 Å². The van der Waals surface area contributed by atoms with Gasteiger partial charge in [0.15, 0.2) is 5.96 Å². The predicted molar refractivity (Wildman–Crippen MR) is 93.0 cm³/mol. The third-order valence-electron chi connectivity index (χ3n) is 4.11. The van der Waals surface area contributed by atoms with Crippen LogP contribution in [-0.4, -0.2) is 41.0 Å². The molecule has 1 aromatic heterocycles. The lowest BCUT2D eigenvalue weighted by Crippen LogP contribution is -2.47. The molecule has 2 saturated heterocycles. The second-order valence-electron chi connectivity index (χ2n) is 5.58. The molecule has 2 bridgehead atoms. The molecule has 3 unspecified atom stereocenters. The fourth-order valence-corrected chi connectivity index (χ4v) is 2.98. The predicted octanol–water partition coefficient (Wildman–Crippen LogP) is 1.71. The summed E-state index contributed by atoms with van der Waals surface area (Å²) in [5, 5.41) is 13.8. The van der Waals surface area contributed by atoms with Crippen LogP contribution in [0.1, 0.15) is 37.4 Å². The minimum atomic E-state index is 0. The second-order valence-corrected chi connectivity index (χ2v) is 5.58. The molecule has 3 atom stereocenters. The number of halogens is 1. The quantitative estimate of drug-likeness (QED) is 0.405. The summed E-state index contributed by atoms with van der Waals surface area (Å²) in [6, 6.07) is 0.400. The van der Waals surface area contributed by atoms with Gasteiger partial charge in [-0.3, -0.25) is 5.10 Å². The van der Waals surface area contributed by atoms with Crippen LogP contribution in [0, 0.1) is 6.92 Å². The summed E-state index contributed by atoms with van der Waals surface area (Å²) in [5.74, 6) is 0.870. The van der Waals surface area contributed by atoms with Gasteiger partial charge in [0.05, 0.1) is 31.0 Å². The van der Waals surface area contributed by atoms with E-state index < -0.39 is 0 Å². The summed E-state index contributed by atoms with van der Waals surface area (Å²) in [4.78, 5) is 4.64. The second kappa shape index (κ2) is 7.44. The average Bonchev–Trinajstić information content (AvgIpc) is 3.13. The molecular formula is C14H24IN5O. The number of fused-ring (bicyclic) bond motifs is 2. The Morgan fingerprint density at radius 1 is 1.52 bits per heavy atom. The van der Waals surface area contributed by atoms with Gasteiger partial charge in [0, 0.05) is 17.8 Å². The van der Waals surface area contributed by atoms with E-state index in [0.29, 0.717) is 24.8 Å². The lowest BCUT2D eigenvalue weighted by atomic mass is 9.96. The van der Waals surface area contributed by atoms with Crippen LogP contribution in [0.15, 0.2) is 11.2 Å². The molecule has 0 amide bonds. The molecule has 0 aromatic carbocycles. The highest BCUT2D eigenvalue weighted by molar-refractivity contribution is 14.0. The number of guanidine groups is 1. The maximum absolute atomic E-state index is 5.87. The van der Waals surface area contributed by atoms with Crippen LogP contribution >= 0.6 is 24.0 Å². The minimum absolute atomic E-state index is 0. The number of aromatic amines is 1. The monoisotopic (exact) mass is 405 g/mol. The van der Waals surface area contributed by atoms with Crippen LogP contribution < -0.4 is 10.6 Å². The Morgan fingerprint density at radius 3 is 2.95 bits per heavy atom. The van der Waals surface area contributed by atoms with Gasteiger partial charge in [-0.1, -0.05) is 0 Å². The molecule has 3 heterocycles. The number of aryl methyl sites for hydroxylation is 1. The van der Waals surface area contributed by atoms with Crippen molar-refractivity contribution in [1.82, 2.24) is 20.8 Å². The first kappa shape index (κ1) is 16.5. The maximum atomic E-state index is 5.87. The summed E-state index contributed by atoms with van der Waals surface area (Å²) in [6.45, 7) is 5.59. The molecule has 1 aromatic rings. The van der Waals surface area contributed by atoms with Crippen molar-refractivity contribution >= 4 is 29.9 Å². The van der Waals surface area contributed by atoms with E-state index in [1.807, 2.05) is 13.1 Å². The molecule has 3 N–H and O–H groups in total. The number of hydrogen-bond donors (Lipinski definition) is 3. The van der Waals surface area contributed by atoms with Gasteiger partial charge in [-0.15, -0.1) is 24.0 Å². The summed E-state index contributed by atoms with van der Waals surface area (Å²) in [6.07, 6.45) is 6.13. The highest BCUT2D eigenvalue weighted by atomic mass is 127. The molecule has 0 radical (unpaired) electrons. The fraction of sp³-hybridized carbons (Fsp3) is 0.714. The highest BCUT2D eigenvalue weighted by Crippen LogP contribution is 2.34. The lowest BCUT2D eigenvalue weighted by molar-refractivity contribution is 0.0992. The first-order valence-corrected chi connectivity index (χ1v) is 7.45. The smallest absolute Gasteiger partial charge is 0.191 e. The van der Waals surface area contributed by atoms with E-state index in [1.165, 1.54) is 12.8 Å². The normalized spacial score (nSPS) is 27.5. The maximum Gasteiger partial charge on any atom is 0.191 e. The van der Waals surface area contributed by atoms with Gasteiger partial charge in [-0.25, -0.2) is 4.99 Å². The van der Waals surface area contributed by atoms with Crippen molar-refractivity contribution in [1.29, 1.82) is 0 Å². The largest absolute Gasteiger partial charge is 0.373 e. The topological polar surface area (TPSA) is 74.3 Å². The average molecular weight is 405 g/mol. The van der Waals surface area contributed by atoms with Crippen LogP contribution in [0.2, 0.25) is 0 Å². The molecule has 21 heavy (non-hydrogen) atoms. The zero-order valence-corrected chi connectivity index (χ0v) is 14.9. The number of nitrogens with one attached hydrogen (secondary N) is 3. The zero-order valence-electron chi connectivity index (χ0n) is 12.6. The van der Waals surface area contributed by atoms with Gasteiger partial charge in [0.1, 0.15) is 0 Å². The molecule has 2 aliphatic heterocycles. The summed E-state index contributed by atoms with van der Waals surface area (Å²) < 4.78 is 5.87. The van der Waals surface area contributed by atoms with Crippen LogP contribution in [0.3, 0.4) is 0 Å². The number of rotatable bonds is 4. The van der Waals surface area contributed by atoms with Crippen molar-refractivity contribution in [3.63, 3.8) is 0 Å². The van der Waals surface area contributed by atoms with Gasteiger partial charge < -0.3 is 15.4 Å². The molecule has 6 nitrogen and oxygen atoms in total. The van der Waals surface area contributed by atoms with Gasteiger partial charge >= 0.3 is 0 Å². The Hall–Kier alpha value is -0.830. The zero-order chi connectivity index (χ0) is 13.9. The third kappa shape index (κ3) is 3.88. The molecule has 118 valence electrons. The standard InChI is InChI=1S/C14H23N5O.HI/c1-3-15-14(16-7-10-8-17-19-9(10)2)18-12-6-11-4-5-13(12)20-11;/h8,11-13H,3-7H2,1-2H3,(H,17,19)(H2,15,16,18);1H. The molecular weight excluding hydrogens is 381 g/mol. The molecule has 0 spiro atoms.